The summed E-state index contributed by atoms with van der Waals surface area (Å²) in [6.07, 6.45) is 3.06. The molecule has 1 aromatic rings. The predicted molar refractivity (Wildman–Crippen MR) is 50.5 cm³/mol. The molecule has 14 heavy (non-hydrogen) atoms. The molecule has 1 saturated heterocycles. The molecule has 76 valence electrons. The molecule has 0 spiro atoms. The number of rotatable bonds is 2. The van der Waals surface area contributed by atoms with Crippen molar-refractivity contribution in [2.24, 2.45) is 7.05 Å². The van der Waals surface area contributed by atoms with Crippen molar-refractivity contribution in [3.05, 3.63) is 12.2 Å². The number of aromatic nitrogens is 3. The first-order chi connectivity index (χ1) is 6.75. The molecule has 0 bridgehead atoms. The van der Waals surface area contributed by atoms with Gasteiger partial charge in [-0.3, -0.25) is 9.69 Å². The van der Waals surface area contributed by atoms with Gasteiger partial charge in [0, 0.05) is 33.0 Å². The highest BCUT2D eigenvalue weighted by atomic mass is 16.1. The van der Waals surface area contributed by atoms with Crippen molar-refractivity contribution in [2.45, 2.75) is 19.4 Å². The Kier molecular flexibility index (Phi) is 2.58. The lowest BCUT2D eigenvalue weighted by Gasteiger charge is -2.24. The molecule has 5 heteroatoms. The molecule has 0 aromatic carbocycles. The van der Waals surface area contributed by atoms with E-state index in [1.54, 1.807) is 6.33 Å². The number of aryl methyl sites for hydroxylation is 1. The molecule has 5 nitrogen and oxygen atoms in total. The minimum atomic E-state index is 0.374. The number of hydrogen-bond acceptors (Lipinski definition) is 4. The zero-order valence-electron chi connectivity index (χ0n) is 8.31. The van der Waals surface area contributed by atoms with Crippen LogP contribution in [-0.2, 0) is 18.4 Å². The van der Waals surface area contributed by atoms with Gasteiger partial charge >= 0.3 is 0 Å². The molecule has 1 aliphatic rings. The number of ketones is 1. The van der Waals surface area contributed by atoms with Crippen LogP contribution >= 0.6 is 0 Å². The number of piperidine rings is 1. The molecular formula is C9H14N4O. The Morgan fingerprint density at radius 3 is 2.71 bits per heavy atom. The van der Waals surface area contributed by atoms with Crippen LogP contribution in [0.5, 0.6) is 0 Å². The topological polar surface area (TPSA) is 51.0 Å². The first kappa shape index (κ1) is 9.33. The SMILES string of the molecule is Cn1cnnc1CN1CCC(=O)CC1. The fourth-order valence-corrected chi connectivity index (χ4v) is 1.61. The van der Waals surface area contributed by atoms with Crippen LogP contribution in [0.25, 0.3) is 0 Å². The molecule has 0 atom stereocenters. The summed E-state index contributed by atoms with van der Waals surface area (Å²) in [5.41, 5.74) is 0. The molecular weight excluding hydrogens is 180 g/mol. The summed E-state index contributed by atoms with van der Waals surface area (Å²) in [5.74, 6) is 1.33. The number of carbonyl (C=O) groups is 1. The van der Waals surface area contributed by atoms with Gasteiger partial charge in [0.15, 0.2) is 0 Å². The van der Waals surface area contributed by atoms with E-state index < -0.39 is 0 Å². The van der Waals surface area contributed by atoms with Crippen LogP contribution in [0, 0.1) is 0 Å². The summed E-state index contributed by atoms with van der Waals surface area (Å²) in [6, 6.07) is 0. The second-order valence-corrected chi connectivity index (χ2v) is 3.67. The second kappa shape index (κ2) is 3.88. The minimum Gasteiger partial charge on any atom is -0.320 e. The van der Waals surface area contributed by atoms with Gasteiger partial charge in [0.05, 0.1) is 6.54 Å². The maximum absolute atomic E-state index is 11.0. The summed E-state index contributed by atoms with van der Waals surface area (Å²) in [6.45, 7) is 2.50. The Bertz CT molecular complexity index is 323. The van der Waals surface area contributed by atoms with Gasteiger partial charge in [-0.1, -0.05) is 0 Å². The quantitative estimate of drug-likeness (QED) is 0.664. The average molecular weight is 194 g/mol. The van der Waals surface area contributed by atoms with Crippen LogP contribution in [-0.4, -0.2) is 38.5 Å². The highest BCUT2D eigenvalue weighted by Crippen LogP contribution is 2.08. The lowest BCUT2D eigenvalue weighted by Crippen LogP contribution is -2.34. The lowest BCUT2D eigenvalue weighted by molar-refractivity contribution is -0.121. The lowest BCUT2D eigenvalue weighted by atomic mass is 10.1. The Morgan fingerprint density at radius 2 is 2.14 bits per heavy atom. The van der Waals surface area contributed by atoms with Gasteiger partial charge in [-0.25, -0.2) is 0 Å². The standard InChI is InChI=1S/C9H14N4O/c1-12-7-10-11-9(12)6-13-4-2-8(14)3-5-13/h7H,2-6H2,1H3. The molecule has 0 saturated carbocycles. The van der Waals surface area contributed by atoms with E-state index >= 15 is 0 Å². The molecule has 1 fully saturated rings. The maximum atomic E-state index is 11.0. The van der Waals surface area contributed by atoms with Crippen molar-refractivity contribution in [3.63, 3.8) is 0 Å². The number of hydrogen-bond donors (Lipinski definition) is 0. The Hall–Kier alpha value is -1.23. The van der Waals surface area contributed by atoms with E-state index in [4.69, 9.17) is 0 Å². The van der Waals surface area contributed by atoms with Crippen LogP contribution in [0.2, 0.25) is 0 Å². The van der Waals surface area contributed by atoms with Crippen LogP contribution < -0.4 is 0 Å². The summed E-state index contributed by atoms with van der Waals surface area (Å²) < 4.78 is 1.91. The van der Waals surface area contributed by atoms with Crippen molar-refractivity contribution in [3.8, 4) is 0 Å². The monoisotopic (exact) mass is 194 g/mol. The van der Waals surface area contributed by atoms with E-state index in [2.05, 4.69) is 15.1 Å². The first-order valence-electron chi connectivity index (χ1n) is 4.82. The third-order valence-electron chi connectivity index (χ3n) is 2.58. The van der Waals surface area contributed by atoms with E-state index in [1.165, 1.54) is 0 Å². The fourth-order valence-electron chi connectivity index (χ4n) is 1.61. The van der Waals surface area contributed by atoms with Crippen molar-refractivity contribution in [2.75, 3.05) is 13.1 Å². The Balaban J connectivity index is 1.92. The maximum Gasteiger partial charge on any atom is 0.146 e. The van der Waals surface area contributed by atoms with Crippen LogP contribution in [0.15, 0.2) is 6.33 Å². The molecule has 2 heterocycles. The van der Waals surface area contributed by atoms with E-state index in [0.29, 0.717) is 18.6 Å². The smallest absolute Gasteiger partial charge is 0.146 e. The summed E-state index contributed by atoms with van der Waals surface area (Å²) >= 11 is 0. The number of Topliss-reactive ketones (excluding diaryl/α,β-unsaturated/α-hetero) is 1. The summed E-state index contributed by atoms with van der Waals surface area (Å²) in [7, 11) is 1.93. The minimum absolute atomic E-state index is 0.374. The van der Waals surface area contributed by atoms with Gasteiger partial charge in [0.25, 0.3) is 0 Å². The van der Waals surface area contributed by atoms with Crippen molar-refractivity contribution >= 4 is 5.78 Å². The Morgan fingerprint density at radius 1 is 1.43 bits per heavy atom. The summed E-state index contributed by atoms with van der Waals surface area (Å²) in [5, 5.41) is 7.84. The van der Waals surface area contributed by atoms with Crippen molar-refractivity contribution in [1.82, 2.24) is 19.7 Å². The van der Waals surface area contributed by atoms with Crippen LogP contribution in [0.1, 0.15) is 18.7 Å². The largest absolute Gasteiger partial charge is 0.320 e. The molecule has 1 aliphatic heterocycles. The van der Waals surface area contributed by atoms with E-state index in [-0.39, 0.29) is 0 Å². The van der Waals surface area contributed by atoms with Gasteiger partial charge in [-0.15, -0.1) is 10.2 Å². The molecule has 0 unspecified atom stereocenters. The third kappa shape index (κ3) is 1.98. The molecule has 2 rings (SSSR count). The van der Waals surface area contributed by atoms with E-state index in [1.807, 2.05) is 11.6 Å². The number of likely N-dealkylation sites (tertiary alicyclic amines) is 1. The molecule has 0 radical (unpaired) electrons. The van der Waals surface area contributed by atoms with E-state index in [0.717, 1.165) is 25.5 Å². The van der Waals surface area contributed by atoms with Gasteiger partial charge in [-0.2, -0.15) is 0 Å². The highest BCUT2D eigenvalue weighted by molar-refractivity contribution is 5.79. The fraction of sp³-hybridized carbons (Fsp3) is 0.667. The van der Waals surface area contributed by atoms with Gasteiger partial charge < -0.3 is 4.57 Å². The van der Waals surface area contributed by atoms with Crippen molar-refractivity contribution < 1.29 is 4.79 Å². The number of carbonyl (C=O) groups excluding carboxylic acids is 1. The van der Waals surface area contributed by atoms with Crippen LogP contribution in [0.3, 0.4) is 0 Å². The number of nitrogens with zero attached hydrogens (tertiary/aromatic N) is 4. The zero-order chi connectivity index (χ0) is 9.97. The Labute approximate surface area is 82.7 Å². The van der Waals surface area contributed by atoms with E-state index in [9.17, 15) is 4.79 Å². The zero-order valence-corrected chi connectivity index (χ0v) is 8.31. The third-order valence-corrected chi connectivity index (χ3v) is 2.58. The second-order valence-electron chi connectivity index (χ2n) is 3.67. The summed E-state index contributed by atoms with van der Waals surface area (Å²) in [4.78, 5) is 13.3. The average Bonchev–Trinajstić information content (AvgIpc) is 2.56. The molecule has 0 aliphatic carbocycles. The van der Waals surface area contributed by atoms with Crippen molar-refractivity contribution in [1.29, 1.82) is 0 Å². The molecule has 0 N–H and O–H groups in total. The predicted octanol–water partition coefficient (Wildman–Crippen LogP) is -0.0200. The van der Waals surface area contributed by atoms with Gasteiger partial charge in [0.1, 0.15) is 17.9 Å². The highest BCUT2D eigenvalue weighted by Gasteiger charge is 2.17. The molecule has 0 amide bonds. The van der Waals surface area contributed by atoms with Gasteiger partial charge in [-0.05, 0) is 0 Å². The normalized spacial score (nSPS) is 18.8. The van der Waals surface area contributed by atoms with Crippen LogP contribution in [0.4, 0.5) is 0 Å². The molecule has 1 aromatic heterocycles. The first-order valence-corrected chi connectivity index (χ1v) is 4.82. The van der Waals surface area contributed by atoms with Gasteiger partial charge in [0.2, 0.25) is 0 Å².